The molecular formula is C14H14N4O3S. The van der Waals surface area contributed by atoms with Crippen molar-refractivity contribution >= 4 is 28.9 Å². The summed E-state index contributed by atoms with van der Waals surface area (Å²) in [6.07, 6.45) is 1.44. The lowest BCUT2D eigenvalue weighted by Gasteiger charge is -2.27. The van der Waals surface area contributed by atoms with Crippen LogP contribution in [0.4, 0.5) is 0 Å². The Morgan fingerprint density at radius 2 is 1.95 bits per heavy atom. The summed E-state index contributed by atoms with van der Waals surface area (Å²) >= 11 is 1.19. The Bertz CT molecular complexity index is 777. The molecule has 0 bridgehead atoms. The van der Waals surface area contributed by atoms with Crippen molar-refractivity contribution in [1.82, 2.24) is 14.5 Å². The van der Waals surface area contributed by atoms with Crippen molar-refractivity contribution in [2.45, 2.75) is 20.0 Å². The van der Waals surface area contributed by atoms with Crippen LogP contribution in [0.15, 0.2) is 18.3 Å². The Hall–Kier alpha value is -2.48. The quantitative estimate of drug-likeness (QED) is 0.850. The third-order valence-electron chi connectivity index (χ3n) is 3.57. The van der Waals surface area contributed by atoms with E-state index in [1.54, 1.807) is 21.6 Å². The molecule has 2 aromatic heterocycles. The maximum atomic E-state index is 12.5. The number of rotatable bonds is 3. The topological polar surface area (TPSA) is 98.3 Å². The minimum absolute atomic E-state index is 0.0515. The molecule has 0 unspecified atom stereocenters. The van der Waals surface area contributed by atoms with Crippen molar-refractivity contribution in [2.75, 3.05) is 6.54 Å². The van der Waals surface area contributed by atoms with Crippen LogP contribution in [0.25, 0.3) is 0 Å². The van der Waals surface area contributed by atoms with Gasteiger partial charge in [-0.1, -0.05) is 0 Å². The third-order valence-corrected chi connectivity index (χ3v) is 4.74. The summed E-state index contributed by atoms with van der Waals surface area (Å²) in [4.78, 5) is 42.0. The number of Topliss-reactive ketones (excluding diaryl/α,β-unsaturated/α-hetero) is 1. The standard InChI is InChI=1S/C14H14N4O3S/c1-8(19)10-2-3-11(22-10)14(21)17-4-5-18-9(13(15)20)6-16-12(18)7-17/h2-3,6H,4-5,7H2,1H3,(H2,15,20). The van der Waals surface area contributed by atoms with Crippen molar-refractivity contribution in [3.8, 4) is 0 Å². The summed E-state index contributed by atoms with van der Waals surface area (Å²) in [5.41, 5.74) is 5.65. The lowest BCUT2D eigenvalue weighted by Crippen LogP contribution is -2.39. The molecule has 0 radical (unpaired) electrons. The average Bonchev–Trinajstić information content (AvgIpc) is 3.12. The zero-order chi connectivity index (χ0) is 15.9. The number of imidazole rings is 1. The van der Waals surface area contributed by atoms with E-state index < -0.39 is 5.91 Å². The number of hydrogen-bond acceptors (Lipinski definition) is 5. The lowest BCUT2D eigenvalue weighted by molar-refractivity contribution is 0.0711. The molecule has 0 aromatic carbocycles. The van der Waals surface area contributed by atoms with Crippen LogP contribution in [0.2, 0.25) is 0 Å². The van der Waals surface area contributed by atoms with Gasteiger partial charge in [-0.25, -0.2) is 4.98 Å². The SMILES string of the molecule is CC(=O)c1ccc(C(=O)N2CCn3c(C(N)=O)cnc3C2)s1. The van der Waals surface area contributed by atoms with E-state index in [2.05, 4.69) is 4.98 Å². The molecule has 0 aliphatic carbocycles. The molecule has 0 saturated carbocycles. The van der Waals surface area contributed by atoms with E-state index in [1.807, 2.05) is 0 Å². The van der Waals surface area contributed by atoms with Gasteiger partial charge in [-0.3, -0.25) is 14.4 Å². The predicted octanol–water partition coefficient (Wildman–Crippen LogP) is 0.902. The van der Waals surface area contributed by atoms with E-state index >= 15 is 0 Å². The second-order valence-electron chi connectivity index (χ2n) is 5.02. The fourth-order valence-electron chi connectivity index (χ4n) is 2.43. The summed E-state index contributed by atoms with van der Waals surface area (Å²) in [5.74, 6) is -0.0728. The molecule has 2 amide bonds. The van der Waals surface area contributed by atoms with Crippen molar-refractivity contribution in [3.05, 3.63) is 39.6 Å². The normalized spacial score (nSPS) is 13.8. The van der Waals surface area contributed by atoms with Gasteiger partial charge in [-0.15, -0.1) is 11.3 Å². The number of nitrogens with two attached hydrogens (primary N) is 1. The number of nitrogens with zero attached hydrogens (tertiary/aromatic N) is 3. The van der Waals surface area contributed by atoms with Crippen LogP contribution in [0, 0.1) is 0 Å². The number of aromatic nitrogens is 2. The Labute approximate surface area is 130 Å². The zero-order valence-corrected chi connectivity index (χ0v) is 12.7. The predicted molar refractivity (Wildman–Crippen MR) is 79.8 cm³/mol. The van der Waals surface area contributed by atoms with Gasteiger partial charge in [-0.2, -0.15) is 0 Å². The second-order valence-corrected chi connectivity index (χ2v) is 6.11. The fraction of sp³-hybridized carbons (Fsp3) is 0.286. The number of primary amides is 1. The highest BCUT2D eigenvalue weighted by Gasteiger charge is 2.26. The molecule has 1 aliphatic heterocycles. The van der Waals surface area contributed by atoms with Gasteiger partial charge in [0.1, 0.15) is 11.5 Å². The van der Waals surface area contributed by atoms with Crippen molar-refractivity contribution < 1.29 is 14.4 Å². The number of carbonyl (C=O) groups is 3. The van der Waals surface area contributed by atoms with E-state index in [0.717, 1.165) is 0 Å². The van der Waals surface area contributed by atoms with Gasteiger partial charge in [0.25, 0.3) is 11.8 Å². The summed E-state index contributed by atoms with van der Waals surface area (Å²) < 4.78 is 1.74. The van der Waals surface area contributed by atoms with Gasteiger partial charge >= 0.3 is 0 Å². The minimum atomic E-state index is -0.525. The second kappa shape index (κ2) is 5.38. The Morgan fingerprint density at radius 3 is 2.59 bits per heavy atom. The van der Waals surface area contributed by atoms with Crippen molar-refractivity contribution in [1.29, 1.82) is 0 Å². The molecule has 1 aliphatic rings. The number of amides is 2. The van der Waals surface area contributed by atoms with E-state index in [-0.39, 0.29) is 11.7 Å². The van der Waals surface area contributed by atoms with Crippen LogP contribution in [-0.4, -0.2) is 38.6 Å². The minimum Gasteiger partial charge on any atom is -0.364 e. The highest BCUT2D eigenvalue weighted by molar-refractivity contribution is 7.15. The van der Waals surface area contributed by atoms with Crippen molar-refractivity contribution in [2.24, 2.45) is 5.73 Å². The van der Waals surface area contributed by atoms with E-state index in [1.165, 1.54) is 24.5 Å². The number of ketones is 1. The molecule has 3 rings (SSSR count). The van der Waals surface area contributed by atoms with Gasteiger partial charge in [0.05, 0.1) is 22.5 Å². The number of hydrogen-bond donors (Lipinski definition) is 1. The van der Waals surface area contributed by atoms with Crippen LogP contribution in [0.1, 0.15) is 42.6 Å². The fourth-order valence-corrected chi connectivity index (χ4v) is 3.30. The van der Waals surface area contributed by atoms with E-state index in [4.69, 9.17) is 5.73 Å². The Morgan fingerprint density at radius 1 is 1.23 bits per heavy atom. The molecule has 0 spiro atoms. The molecule has 7 nitrogen and oxygen atoms in total. The molecule has 0 fully saturated rings. The van der Waals surface area contributed by atoms with Crippen LogP contribution in [-0.2, 0) is 13.1 Å². The van der Waals surface area contributed by atoms with Gasteiger partial charge < -0.3 is 15.2 Å². The maximum Gasteiger partial charge on any atom is 0.266 e. The Kier molecular flexibility index (Phi) is 3.53. The summed E-state index contributed by atoms with van der Waals surface area (Å²) in [5, 5.41) is 0. The first-order valence-corrected chi connectivity index (χ1v) is 7.53. The van der Waals surface area contributed by atoms with Crippen LogP contribution in [0.5, 0.6) is 0 Å². The zero-order valence-electron chi connectivity index (χ0n) is 11.9. The average molecular weight is 318 g/mol. The summed E-state index contributed by atoms with van der Waals surface area (Å²) in [6.45, 7) is 2.74. The largest absolute Gasteiger partial charge is 0.364 e. The molecule has 0 saturated heterocycles. The number of carbonyl (C=O) groups excluding carboxylic acids is 3. The number of thiophene rings is 1. The van der Waals surface area contributed by atoms with E-state index in [9.17, 15) is 14.4 Å². The number of fused-ring (bicyclic) bond motifs is 1. The maximum absolute atomic E-state index is 12.5. The molecule has 3 heterocycles. The highest BCUT2D eigenvalue weighted by Crippen LogP contribution is 2.22. The molecule has 22 heavy (non-hydrogen) atoms. The van der Waals surface area contributed by atoms with Crippen LogP contribution >= 0.6 is 11.3 Å². The third kappa shape index (κ3) is 2.41. The van der Waals surface area contributed by atoms with Gasteiger partial charge in [-0.05, 0) is 19.1 Å². The first kappa shape index (κ1) is 14.5. The van der Waals surface area contributed by atoms with Gasteiger partial charge in [0.2, 0.25) is 0 Å². The van der Waals surface area contributed by atoms with Crippen LogP contribution < -0.4 is 5.73 Å². The molecular weight excluding hydrogens is 304 g/mol. The molecule has 2 aromatic rings. The lowest BCUT2D eigenvalue weighted by atomic mass is 10.3. The summed E-state index contributed by atoms with van der Waals surface area (Å²) in [7, 11) is 0. The van der Waals surface area contributed by atoms with Crippen LogP contribution in [0.3, 0.4) is 0 Å². The Balaban J connectivity index is 1.80. The molecule has 0 atom stereocenters. The molecule has 114 valence electrons. The monoisotopic (exact) mass is 318 g/mol. The smallest absolute Gasteiger partial charge is 0.266 e. The highest BCUT2D eigenvalue weighted by atomic mass is 32.1. The molecule has 2 N–H and O–H groups in total. The first-order valence-electron chi connectivity index (χ1n) is 6.71. The van der Waals surface area contributed by atoms with Gasteiger partial charge in [0, 0.05) is 13.1 Å². The van der Waals surface area contributed by atoms with Gasteiger partial charge in [0.15, 0.2) is 5.78 Å². The van der Waals surface area contributed by atoms with Crippen molar-refractivity contribution in [3.63, 3.8) is 0 Å². The molecule has 8 heteroatoms. The summed E-state index contributed by atoms with van der Waals surface area (Å²) in [6, 6.07) is 3.33. The van der Waals surface area contributed by atoms with E-state index in [0.29, 0.717) is 40.9 Å². The first-order chi connectivity index (χ1) is 10.5.